The zero-order valence-electron chi connectivity index (χ0n) is 18.6. The van der Waals surface area contributed by atoms with Crippen LogP contribution in [0.1, 0.15) is 18.9 Å². The highest BCUT2D eigenvalue weighted by Crippen LogP contribution is 2.14. The summed E-state index contributed by atoms with van der Waals surface area (Å²) < 4.78 is 5.02. The lowest BCUT2D eigenvalue weighted by Crippen LogP contribution is -2.60. The molecule has 0 radical (unpaired) electrons. The molecular weight excluding hydrogens is 414 g/mol. The summed E-state index contributed by atoms with van der Waals surface area (Å²) in [5.74, 6) is -0.840. The molecule has 1 aromatic carbocycles. The lowest BCUT2D eigenvalue weighted by molar-refractivity contribution is -0.145. The SMILES string of the molecule is CCOC(=O)N1CCN(CC(=O)N2CCNC(=O)[C@H]2CC(=O)Nc2cccc(C)c2)CC1. The summed E-state index contributed by atoms with van der Waals surface area (Å²) in [5.41, 5.74) is 1.67. The lowest BCUT2D eigenvalue weighted by Gasteiger charge is -2.38. The first-order valence-electron chi connectivity index (χ1n) is 10.9. The third kappa shape index (κ3) is 6.19. The Balaban J connectivity index is 1.55. The number of nitrogens with one attached hydrogen (secondary N) is 2. The monoisotopic (exact) mass is 445 g/mol. The summed E-state index contributed by atoms with van der Waals surface area (Å²) in [6.45, 7) is 6.92. The third-order valence-corrected chi connectivity index (χ3v) is 5.59. The molecule has 1 aromatic rings. The van der Waals surface area contributed by atoms with E-state index in [1.165, 1.54) is 4.90 Å². The second-order valence-electron chi connectivity index (χ2n) is 7.98. The zero-order valence-corrected chi connectivity index (χ0v) is 18.6. The number of hydrogen-bond acceptors (Lipinski definition) is 6. The van der Waals surface area contributed by atoms with Crippen molar-refractivity contribution in [2.45, 2.75) is 26.3 Å². The summed E-state index contributed by atoms with van der Waals surface area (Å²) in [5, 5.41) is 5.55. The number of carbonyl (C=O) groups is 4. The number of anilines is 1. The van der Waals surface area contributed by atoms with Crippen LogP contribution in [0.25, 0.3) is 0 Å². The molecule has 32 heavy (non-hydrogen) atoms. The lowest BCUT2D eigenvalue weighted by atomic mass is 10.1. The molecule has 0 spiro atoms. The van der Waals surface area contributed by atoms with E-state index in [4.69, 9.17) is 4.74 Å². The predicted molar refractivity (Wildman–Crippen MR) is 118 cm³/mol. The van der Waals surface area contributed by atoms with Gasteiger partial charge in [-0.1, -0.05) is 12.1 Å². The van der Waals surface area contributed by atoms with Crippen LogP contribution < -0.4 is 10.6 Å². The molecule has 2 N–H and O–H groups in total. The molecule has 2 aliphatic heterocycles. The molecular formula is C22H31N5O5. The molecule has 2 saturated heterocycles. The number of benzene rings is 1. The molecule has 10 nitrogen and oxygen atoms in total. The van der Waals surface area contributed by atoms with Crippen molar-refractivity contribution in [1.29, 1.82) is 0 Å². The smallest absolute Gasteiger partial charge is 0.409 e. The molecule has 0 unspecified atom stereocenters. The average Bonchev–Trinajstić information content (AvgIpc) is 2.75. The molecule has 0 bridgehead atoms. The van der Waals surface area contributed by atoms with Crippen LogP contribution in [-0.2, 0) is 19.1 Å². The van der Waals surface area contributed by atoms with Gasteiger partial charge < -0.3 is 25.2 Å². The number of ether oxygens (including phenoxy) is 1. The number of hydrogen-bond donors (Lipinski definition) is 2. The highest BCUT2D eigenvalue weighted by atomic mass is 16.6. The van der Waals surface area contributed by atoms with Gasteiger partial charge in [-0.05, 0) is 31.5 Å². The topological polar surface area (TPSA) is 111 Å². The summed E-state index contributed by atoms with van der Waals surface area (Å²) in [7, 11) is 0. The maximum Gasteiger partial charge on any atom is 0.409 e. The van der Waals surface area contributed by atoms with E-state index in [1.807, 2.05) is 30.0 Å². The third-order valence-electron chi connectivity index (χ3n) is 5.59. The van der Waals surface area contributed by atoms with Crippen molar-refractivity contribution in [3.05, 3.63) is 29.8 Å². The minimum Gasteiger partial charge on any atom is -0.450 e. The van der Waals surface area contributed by atoms with Crippen LogP contribution >= 0.6 is 0 Å². The summed E-state index contributed by atoms with van der Waals surface area (Å²) in [6.07, 6.45) is -0.451. The highest BCUT2D eigenvalue weighted by Gasteiger charge is 2.35. The van der Waals surface area contributed by atoms with E-state index in [-0.39, 0.29) is 36.8 Å². The van der Waals surface area contributed by atoms with Crippen LogP contribution in [0.2, 0.25) is 0 Å². The van der Waals surface area contributed by atoms with Crippen LogP contribution in [-0.4, -0.2) is 97.0 Å². The summed E-state index contributed by atoms with van der Waals surface area (Å²) in [6, 6.07) is 6.55. The van der Waals surface area contributed by atoms with Gasteiger partial charge in [-0.25, -0.2) is 4.79 Å². The van der Waals surface area contributed by atoms with E-state index in [2.05, 4.69) is 10.6 Å². The summed E-state index contributed by atoms with van der Waals surface area (Å²) >= 11 is 0. The quantitative estimate of drug-likeness (QED) is 0.657. The van der Waals surface area contributed by atoms with Crippen molar-refractivity contribution < 1.29 is 23.9 Å². The Morgan fingerprint density at radius 3 is 2.59 bits per heavy atom. The van der Waals surface area contributed by atoms with E-state index >= 15 is 0 Å². The van der Waals surface area contributed by atoms with Crippen LogP contribution in [0.15, 0.2) is 24.3 Å². The van der Waals surface area contributed by atoms with Crippen molar-refractivity contribution >= 4 is 29.5 Å². The molecule has 0 aliphatic carbocycles. The highest BCUT2D eigenvalue weighted by molar-refractivity contribution is 5.97. The first-order valence-corrected chi connectivity index (χ1v) is 10.9. The number of carbonyl (C=O) groups excluding carboxylic acids is 4. The second-order valence-corrected chi connectivity index (χ2v) is 7.98. The Bertz CT molecular complexity index is 853. The van der Waals surface area contributed by atoms with Gasteiger partial charge in [0.05, 0.1) is 19.6 Å². The van der Waals surface area contributed by atoms with Gasteiger partial charge in [0, 0.05) is 45.0 Å². The number of rotatable bonds is 6. The number of amides is 4. The standard InChI is InChI=1S/C22H31N5O5/c1-3-32-22(31)26-11-9-25(10-12-26)15-20(29)27-8-7-23-21(30)18(27)14-19(28)24-17-6-4-5-16(2)13-17/h4-6,13,18H,3,7-12,14-15H2,1-2H3,(H,23,30)(H,24,28)/t18-/m1/s1. The molecule has 2 aliphatic rings. The molecule has 0 aromatic heterocycles. The first kappa shape index (κ1) is 23.5. The Morgan fingerprint density at radius 1 is 1.16 bits per heavy atom. The Hall–Kier alpha value is -3.14. The summed E-state index contributed by atoms with van der Waals surface area (Å²) in [4.78, 5) is 54.9. The Kier molecular flexibility index (Phi) is 8.04. The fourth-order valence-electron chi connectivity index (χ4n) is 3.91. The number of aryl methyl sites for hydroxylation is 1. The van der Waals surface area contributed by atoms with Gasteiger partial charge in [-0.15, -0.1) is 0 Å². The zero-order chi connectivity index (χ0) is 23.1. The molecule has 10 heteroatoms. The molecule has 174 valence electrons. The van der Waals surface area contributed by atoms with Crippen LogP contribution in [0.4, 0.5) is 10.5 Å². The van der Waals surface area contributed by atoms with Crippen molar-refractivity contribution in [2.24, 2.45) is 0 Å². The molecule has 3 rings (SSSR count). The van der Waals surface area contributed by atoms with Crippen LogP contribution in [0, 0.1) is 6.92 Å². The van der Waals surface area contributed by atoms with E-state index in [1.54, 1.807) is 17.9 Å². The molecule has 2 fully saturated rings. The van der Waals surface area contributed by atoms with E-state index in [0.717, 1.165) is 5.56 Å². The number of piperazine rings is 2. The second kappa shape index (κ2) is 10.9. The van der Waals surface area contributed by atoms with Crippen molar-refractivity contribution in [3.63, 3.8) is 0 Å². The van der Waals surface area contributed by atoms with Gasteiger partial charge >= 0.3 is 6.09 Å². The predicted octanol–water partition coefficient (Wildman–Crippen LogP) is 0.425. The van der Waals surface area contributed by atoms with Gasteiger partial charge in [0.1, 0.15) is 6.04 Å². The molecule has 1 atom stereocenters. The van der Waals surface area contributed by atoms with Gasteiger partial charge in [0.25, 0.3) is 0 Å². The Morgan fingerprint density at radius 2 is 1.91 bits per heavy atom. The van der Waals surface area contributed by atoms with E-state index in [9.17, 15) is 19.2 Å². The fourth-order valence-corrected chi connectivity index (χ4v) is 3.91. The van der Waals surface area contributed by atoms with Gasteiger partial charge in [0.2, 0.25) is 17.7 Å². The van der Waals surface area contributed by atoms with Gasteiger partial charge in [-0.3, -0.25) is 19.3 Å². The van der Waals surface area contributed by atoms with Gasteiger partial charge in [0.15, 0.2) is 0 Å². The maximum absolute atomic E-state index is 13.0. The van der Waals surface area contributed by atoms with Gasteiger partial charge in [-0.2, -0.15) is 0 Å². The largest absolute Gasteiger partial charge is 0.450 e. The average molecular weight is 446 g/mol. The molecule has 0 saturated carbocycles. The maximum atomic E-state index is 13.0. The Labute approximate surface area is 187 Å². The molecule has 4 amide bonds. The molecule has 2 heterocycles. The normalized spacial score (nSPS) is 19.3. The van der Waals surface area contributed by atoms with Crippen LogP contribution in [0.3, 0.4) is 0 Å². The van der Waals surface area contributed by atoms with E-state index in [0.29, 0.717) is 51.6 Å². The first-order chi connectivity index (χ1) is 15.4. The fraction of sp³-hybridized carbons (Fsp3) is 0.545. The van der Waals surface area contributed by atoms with Crippen molar-refractivity contribution in [1.82, 2.24) is 20.0 Å². The minimum absolute atomic E-state index is 0.109. The minimum atomic E-state index is -0.845. The van der Waals surface area contributed by atoms with E-state index < -0.39 is 6.04 Å². The van der Waals surface area contributed by atoms with Crippen LogP contribution in [0.5, 0.6) is 0 Å². The number of nitrogens with zero attached hydrogens (tertiary/aromatic N) is 3. The van der Waals surface area contributed by atoms with Crippen molar-refractivity contribution in [2.75, 3.05) is 57.7 Å². The van der Waals surface area contributed by atoms with Crippen molar-refractivity contribution in [3.8, 4) is 0 Å².